The molecule has 0 spiro atoms. The summed E-state index contributed by atoms with van der Waals surface area (Å²) in [7, 11) is 1.51. The van der Waals surface area contributed by atoms with Crippen LogP contribution in [-0.2, 0) is 4.79 Å². The molecule has 1 aromatic heterocycles. The fourth-order valence-corrected chi connectivity index (χ4v) is 3.55. The largest absolute Gasteiger partial charge is 0.495 e. The van der Waals surface area contributed by atoms with Crippen molar-refractivity contribution in [3.8, 4) is 5.75 Å². The third kappa shape index (κ3) is 2.59. The number of rotatable bonds is 3. The van der Waals surface area contributed by atoms with Crippen molar-refractivity contribution in [2.24, 2.45) is 0 Å². The monoisotopic (exact) mass is 317 g/mol. The van der Waals surface area contributed by atoms with Crippen LogP contribution in [0.1, 0.15) is 4.88 Å². The van der Waals surface area contributed by atoms with E-state index in [-0.39, 0.29) is 11.1 Å². The molecule has 1 aliphatic heterocycles. The van der Waals surface area contributed by atoms with Gasteiger partial charge in [-0.15, -0.1) is 11.3 Å². The minimum Gasteiger partial charge on any atom is -0.495 e. The Morgan fingerprint density at radius 2 is 1.95 bits per heavy atom. The maximum atomic E-state index is 12.5. The molecule has 0 aliphatic carbocycles. The SMILES string of the molecule is COc1ccccc1N1C(=O)S/C(=C/c2cccs2)C1=O. The Hall–Kier alpha value is -2.05. The van der Waals surface area contributed by atoms with E-state index in [2.05, 4.69) is 0 Å². The number of benzene rings is 1. The first-order valence-corrected chi connectivity index (χ1v) is 7.85. The molecule has 106 valence electrons. The molecule has 6 heteroatoms. The van der Waals surface area contributed by atoms with Crippen LogP contribution in [0.3, 0.4) is 0 Å². The van der Waals surface area contributed by atoms with Crippen LogP contribution >= 0.6 is 23.1 Å². The number of amides is 2. The van der Waals surface area contributed by atoms with Crippen molar-refractivity contribution >= 4 is 46.0 Å². The summed E-state index contributed by atoms with van der Waals surface area (Å²) in [5, 5.41) is 1.61. The van der Waals surface area contributed by atoms with Gasteiger partial charge >= 0.3 is 0 Å². The lowest BCUT2D eigenvalue weighted by molar-refractivity contribution is -0.113. The summed E-state index contributed by atoms with van der Waals surface area (Å²) in [6.45, 7) is 0. The maximum Gasteiger partial charge on any atom is 0.298 e. The summed E-state index contributed by atoms with van der Waals surface area (Å²) in [4.78, 5) is 27.2. The number of methoxy groups -OCH3 is 1. The summed E-state index contributed by atoms with van der Waals surface area (Å²) in [6.07, 6.45) is 1.74. The molecule has 0 N–H and O–H groups in total. The topological polar surface area (TPSA) is 46.6 Å². The van der Waals surface area contributed by atoms with Gasteiger partial charge in [0.1, 0.15) is 5.75 Å². The predicted octanol–water partition coefficient (Wildman–Crippen LogP) is 4.00. The third-order valence-corrected chi connectivity index (χ3v) is 4.63. The lowest BCUT2D eigenvalue weighted by Gasteiger charge is -2.15. The van der Waals surface area contributed by atoms with Gasteiger partial charge in [-0.2, -0.15) is 0 Å². The number of carbonyl (C=O) groups excluding carboxylic acids is 2. The smallest absolute Gasteiger partial charge is 0.298 e. The minimum atomic E-state index is -0.317. The lowest BCUT2D eigenvalue weighted by atomic mass is 10.2. The van der Waals surface area contributed by atoms with E-state index in [1.807, 2.05) is 17.5 Å². The number of hydrogen-bond acceptors (Lipinski definition) is 5. The normalized spacial score (nSPS) is 16.8. The van der Waals surface area contributed by atoms with Gasteiger partial charge in [-0.05, 0) is 41.4 Å². The van der Waals surface area contributed by atoms with Crippen LogP contribution in [0.15, 0.2) is 46.7 Å². The van der Waals surface area contributed by atoms with Gasteiger partial charge in [-0.25, -0.2) is 4.90 Å². The van der Waals surface area contributed by atoms with Gasteiger partial charge in [-0.1, -0.05) is 18.2 Å². The van der Waals surface area contributed by atoms with Crippen molar-refractivity contribution in [2.45, 2.75) is 0 Å². The average Bonchev–Trinajstić information content (AvgIpc) is 3.09. The van der Waals surface area contributed by atoms with E-state index in [1.165, 1.54) is 18.4 Å². The van der Waals surface area contributed by atoms with Crippen LogP contribution in [0, 0.1) is 0 Å². The summed E-state index contributed by atoms with van der Waals surface area (Å²) in [5.74, 6) is 0.181. The number of anilines is 1. The Kier molecular flexibility index (Phi) is 3.81. The zero-order chi connectivity index (χ0) is 14.8. The molecule has 0 radical (unpaired) electrons. The van der Waals surface area contributed by atoms with E-state index in [9.17, 15) is 9.59 Å². The number of hydrogen-bond donors (Lipinski definition) is 0. The van der Waals surface area contributed by atoms with Crippen molar-refractivity contribution in [3.05, 3.63) is 51.6 Å². The van der Waals surface area contributed by atoms with Gasteiger partial charge in [0.05, 0.1) is 17.7 Å². The Morgan fingerprint density at radius 3 is 2.67 bits per heavy atom. The molecule has 2 amide bonds. The minimum absolute atomic E-state index is 0.313. The lowest BCUT2D eigenvalue weighted by Crippen LogP contribution is -2.28. The standard InChI is InChI=1S/C15H11NO3S2/c1-19-12-7-3-2-6-11(12)16-14(17)13(21-15(16)18)9-10-5-4-8-20-10/h2-9H,1H3/b13-9+. The van der Waals surface area contributed by atoms with Crippen LogP contribution in [0.4, 0.5) is 10.5 Å². The van der Waals surface area contributed by atoms with Crippen molar-refractivity contribution in [1.29, 1.82) is 0 Å². The molecule has 4 nitrogen and oxygen atoms in total. The second-order valence-electron chi connectivity index (χ2n) is 4.20. The van der Waals surface area contributed by atoms with Crippen molar-refractivity contribution in [2.75, 3.05) is 12.0 Å². The van der Waals surface area contributed by atoms with E-state index in [0.717, 1.165) is 21.5 Å². The molecule has 0 unspecified atom stereocenters. The average molecular weight is 317 g/mol. The molecule has 2 aromatic rings. The first-order valence-electron chi connectivity index (χ1n) is 6.15. The van der Waals surface area contributed by atoms with E-state index >= 15 is 0 Å². The van der Waals surface area contributed by atoms with Crippen molar-refractivity contribution < 1.29 is 14.3 Å². The summed E-state index contributed by atoms with van der Waals surface area (Å²) in [5.41, 5.74) is 0.470. The summed E-state index contributed by atoms with van der Waals surface area (Å²) >= 11 is 2.46. The summed E-state index contributed by atoms with van der Waals surface area (Å²) < 4.78 is 5.22. The molecule has 1 aliphatic rings. The third-order valence-electron chi connectivity index (χ3n) is 2.94. The molecule has 2 heterocycles. The number of para-hydroxylation sites is 2. The number of thioether (sulfide) groups is 1. The van der Waals surface area contributed by atoms with Gasteiger partial charge in [0.2, 0.25) is 0 Å². The zero-order valence-corrected chi connectivity index (χ0v) is 12.7. The fraction of sp³-hybridized carbons (Fsp3) is 0.0667. The number of imide groups is 1. The zero-order valence-electron chi connectivity index (χ0n) is 11.1. The van der Waals surface area contributed by atoms with E-state index in [1.54, 1.807) is 30.3 Å². The summed E-state index contributed by atoms with van der Waals surface area (Å²) in [6, 6.07) is 10.8. The molecule has 21 heavy (non-hydrogen) atoms. The Morgan fingerprint density at radius 1 is 1.14 bits per heavy atom. The predicted molar refractivity (Wildman–Crippen MR) is 85.8 cm³/mol. The molecule has 1 fully saturated rings. The van der Waals surface area contributed by atoms with Crippen LogP contribution in [-0.4, -0.2) is 18.3 Å². The van der Waals surface area contributed by atoms with E-state index in [4.69, 9.17) is 4.74 Å². The highest BCUT2D eigenvalue weighted by Crippen LogP contribution is 2.39. The molecule has 1 aromatic carbocycles. The first kappa shape index (κ1) is 13.9. The van der Waals surface area contributed by atoms with Gasteiger partial charge in [-0.3, -0.25) is 9.59 Å². The molecule has 0 saturated carbocycles. The van der Waals surface area contributed by atoms with Gasteiger partial charge < -0.3 is 4.74 Å². The van der Waals surface area contributed by atoms with Crippen LogP contribution < -0.4 is 9.64 Å². The highest BCUT2D eigenvalue weighted by molar-refractivity contribution is 8.19. The van der Waals surface area contributed by atoms with Gasteiger partial charge in [0.15, 0.2) is 0 Å². The molecular weight excluding hydrogens is 306 g/mol. The molecular formula is C15H11NO3S2. The fourth-order valence-electron chi connectivity index (χ4n) is 1.99. The maximum absolute atomic E-state index is 12.5. The molecule has 1 saturated heterocycles. The van der Waals surface area contributed by atoms with E-state index < -0.39 is 0 Å². The van der Waals surface area contributed by atoms with Gasteiger partial charge in [0, 0.05) is 4.88 Å². The van der Waals surface area contributed by atoms with Crippen LogP contribution in [0.2, 0.25) is 0 Å². The van der Waals surface area contributed by atoms with Crippen molar-refractivity contribution in [1.82, 2.24) is 0 Å². The quantitative estimate of drug-likeness (QED) is 0.803. The van der Waals surface area contributed by atoms with Crippen LogP contribution in [0.25, 0.3) is 6.08 Å². The number of ether oxygens (including phenoxy) is 1. The first-order chi connectivity index (χ1) is 10.2. The Balaban J connectivity index is 1.98. The number of carbonyl (C=O) groups is 2. The highest BCUT2D eigenvalue weighted by atomic mass is 32.2. The number of nitrogens with zero attached hydrogens (tertiary/aromatic N) is 1. The second-order valence-corrected chi connectivity index (χ2v) is 6.18. The van der Waals surface area contributed by atoms with Crippen LogP contribution in [0.5, 0.6) is 5.75 Å². The Bertz CT molecular complexity index is 722. The number of thiophene rings is 1. The second kappa shape index (κ2) is 5.75. The molecule has 0 bridgehead atoms. The molecule has 3 rings (SSSR count). The van der Waals surface area contributed by atoms with E-state index in [0.29, 0.717) is 16.3 Å². The Labute approximate surface area is 130 Å². The van der Waals surface area contributed by atoms with Crippen molar-refractivity contribution in [3.63, 3.8) is 0 Å². The highest BCUT2D eigenvalue weighted by Gasteiger charge is 2.37. The molecule has 0 atom stereocenters. The van der Waals surface area contributed by atoms with Gasteiger partial charge in [0.25, 0.3) is 11.1 Å².